The topological polar surface area (TPSA) is 375 Å². The zero-order valence-electron chi connectivity index (χ0n) is 68.9. The van der Waals surface area contributed by atoms with Crippen LogP contribution >= 0.6 is 0 Å². The van der Waals surface area contributed by atoms with Gasteiger partial charge in [0.25, 0.3) is 11.8 Å². The Hall–Kier alpha value is -9.38. The molecule has 5 heterocycles. The largest absolute Gasteiger partial charge is 0.494 e. The molecular formula is C85H121N9O23. The van der Waals surface area contributed by atoms with E-state index in [0.717, 1.165) is 53.7 Å². The molecule has 644 valence electrons. The Morgan fingerprint density at radius 2 is 1.09 bits per heavy atom. The Kier molecular flexibility index (Phi) is 37.9. The lowest BCUT2D eigenvalue weighted by Gasteiger charge is -2.31. The van der Waals surface area contributed by atoms with E-state index in [2.05, 4.69) is 26.3 Å². The van der Waals surface area contributed by atoms with Crippen LogP contribution < -0.4 is 45.1 Å². The van der Waals surface area contributed by atoms with Gasteiger partial charge in [0.2, 0.25) is 23.6 Å². The van der Waals surface area contributed by atoms with Crippen molar-refractivity contribution in [1.29, 1.82) is 0 Å². The Bertz CT molecular complexity index is 3950. The number of rotatable bonds is 49. The zero-order chi connectivity index (χ0) is 83.4. The maximum Gasteiger partial charge on any atom is 0.416 e. The number of methoxy groups -OCH3 is 2. The Balaban J connectivity index is 0.568. The predicted octanol–water partition coefficient (Wildman–Crippen LogP) is 9.89. The zero-order valence-corrected chi connectivity index (χ0v) is 68.9. The van der Waals surface area contributed by atoms with Crippen LogP contribution in [-0.4, -0.2) is 248 Å². The van der Waals surface area contributed by atoms with E-state index < -0.39 is 54.1 Å². The van der Waals surface area contributed by atoms with Crippen LogP contribution in [0.4, 0.5) is 21.9 Å². The maximum absolute atomic E-state index is 14.3. The molecule has 1 fully saturated rings. The number of benzene rings is 3. The predicted molar refractivity (Wildman–Crippen MR) is 435 cm³/mol. The van der Waals surface area contributed by atoms with Gasteiger partial charge in [-0.2, -0.15) is 0 Å². The minimum absolute atomic E-state index is 0.0111. The summed E-state index contributed by atoms with van der Waals surface area (Å²) in [5.41, 5.74) is 4.71. The van der Waals surface area contributed by atoms with Crippen molar-refractivity contribution >= 4 is 64.8 Å². The third-order valence-electron chi connectivity index (χ3n) is 20.7. The molecule has 0 radical (unpaired) electrons. The minimum atomic E-state index is -1.53. The van der Waals surface area contributed by atoms with E-state index in [9.17, 15) is 48.9 Å². The highest BCUT2D eigenvalue weighted by Crippen LogP contribution is 2.44. The normalized spacial score (nSPS) is 17.3. The number of aliphatic hydroxyl groups is 1. The van der Waals surface area contributed by atoms with Crippen molar-refractivity contribution in [3.05, 3.63) is 100 Å². The molecule has 1 aliphatic carbocycles. The van der Waals surface area contributed by atoms with Crippen LogP contribution in [0.25, 0.3) is 0 Å². The van der Waals surface area contributed by atoms with E-state index in [1.54, 1.807) is 73.6 Å². The molecule has 1 aromatic heterocycles. The number of ether oxygens (including phenoxy) is 13. The summed E-state index contributed by atoms with van der Waals surface area (Å²) in [6.07, 6.45) is 16.3. The second-order valence-electron chi connectivity index (χ2n) is 30.0. The molecule has 7 N–H and O–H groups in total. The van der Waals surface area contributed by atoms with Gasteiger partial charge >= 0.3 is 6.09 Å². The molecule has 4 aliphatic heterocycles. The first-order chi connectivity index (χ1) is 56.7. The van der Waals surface area contributed by atoms with Crippen LogP contribution in [0.3, 0.4) is 0 Å². The van der Waals surface area contributed by atoms with Gasteiger partial charge in [-0.15, -0.1) is 0 Å². The number of nitrogens with one attached hydrogen (secondary N) is 4. The summed E-state index contributed by atoms with van der Waals surface area (Å²) >= 11 is 0. The number of aliphatic hydroxyl groups excluding tert-OH is 1. The van der Waals surface area contributed by atoms with Crippen LogP contribution in [0.15, 0.2) is 83.1 Å². The van der Waals surface area contributed by atoms with Crippen molar-refractivity contribution in [2.75, 3.05) is 150 Å². The summed E-state index contributed by atoms with van der Waals surface area (Å²) in [5.74, 6) is -0.964. The molecule has 1 saturated carbocycles. The Morgan fingerprint density at radius 3 is 1.68 bits per heavy atom. The average molecular weight is 1640 g/mol. The first kappa shape index (κ1) is 91.5. The number of hydrogen-bond acceptors (Lipinski definition) is 24. The van der Waals surface area contributed by atoms with Gasteiger partial charge in [0.1, 0.15) is 18.7 Å². The van der Waals surface area contributed by atoms with Gasteiger partial charge in [-0.25, -0.2) is 9.69 Å². The van der Waals surface area contributed by atoms with Crippen LogP contribution in [0.2, 0.25) is 0 Å². The number of anilines is 2. The molecule has 3 aromatic carbocycles. The molecule has 5 unspecified atom stereocenters. The Morgan fingerprint density at radius 1 is 0.564 bits per heavy atom. The second-order valence-corrected chi connectivity index (χ2v) is 30.0. The molecule has 0 bridgehead atoms. The van der Waals surface area contributed by atoms with Crippen molar-refractivity contribution in [1.82, 2.24) is 30.3 Å². The van der Waals surface area contributed by atoms with E-state index >= 15 is 0 Å². The summed E-state index contributed by atoms with van der Waals surface area (Å²) in [4.78, 5) is 103. The third kappa shape index (κ3) is 28.1. The van der Waals surface area contributed by atoms with Gasteiger partial charge in [-0.1, -0.05) is 82.1 Å². The molecule has 7 amide bonds. The molecule has 4 aromatic rings. The highest BCUT2D eigenvalue weighted by molar-refractivity contribution is 6.07. The molecule has 32 heteroatoms. The standard InChI is InChI=1S/C85H121N9O23/c1-57(2)78(90-76(96)25-30-107-32-34-109-36-38-111-40-42-113-44-45-114-43-41-112-39-37-110-35-33-108-31-26-86-75(95)24-27-91-77(97)50-65(81(91)100)62-18-14-11-9-8-10-12-15-19-62)80(99)88-60(5)79(98)89-63-22-20-61(21-23-63)56-117-85(104)94-69-52-74(72(106-7)49-67(69)83(102)93-55-59(4)47-70(93)84(94)103)116-29-17-13-16-28-115-73-51-68-66(48-71(73)105-6)82(101)92-54-58(3)46-64(92)53-87-68/h20-23,48-55,57,60,62,64,70,78,84,97,100,103H,8-19,24-47,56H2,1-7H3,(H,86,95)(H,88,99)(H,89,98)(H,90,96). The van der Waals surface area contributed by atoms with Crippen LogP contribution in [-0.2, 0) is 75.0 Å². The van der Waals surface area contributed by atoms with Crippen molar-refractivity contribution < 1.29 is 110 Å². The van der Waals surface area contributed by atoms with Crippen molar-refractivity contribution in [3.63, 3.8) is 0 Å². The first-order valence-corrected chi connectivity index (χ1v) is 41.1. The van der Waals surface area contributed by atoms with Crippen LogP contribution in [0.1, 0.15) is 175 Å². The number of nitrogens with zero attached hydrogens (tertiary/aromatic N) is 5. The quantitative estimate of drug-likeness (QED) is 0.0202. The van der Waals surface area contributed by atoms with Crippen molar-refractivity contribution in [3.8, 4) is 34.8 Å². The maximum atomic E-state index is 14.3. The number of carbonyl (C=O) groups excluding carboxylic acids is 7. The lowest BCUT2D eigenvalue weighted by Crippen LogP contribution is -2.53. The van der Waals surface area contributed by atoms with Crippen LogP contribution in [0.5, 0.6) is 34.8 Å². The van der Waals surface area contributed by atoms with E-state index in [1.807, 2.05) is 20.0 Å². The Labute approximate surface area is 685 Å². The van der Waals surface area contributed by atoms with E-state index in [0.29, 0.717) is 159 Å². The van der Waals surface area contributed by atoms with E-state index in [1.165, 1.54) is 74.8 Å². The number of fused-ring (bicyclic) bond motifs is 4. The van der Waals surface area contributed by atoms with Gasteiger partial charge in [0.15, 0.2) is 41.0 Å². The lowest BCUT2D eigenvalue weighted by atomic mass is 9.88. The van der Waals surface area contributed by atoms with E-state index in [-0.39, 0.29) is 117 Å². The van der Waals surface area contributed by atoms with Gasteiger partial charge in [0, 0.05) is 74.0 Å². The summed E-state index contributed by atoms with van der Waals surface area (Å²) in [6.45, 7) is 15.3. The third-order valence-corrected chi connectivity index (χ3v) is 20.7. The lowest BCUT2D eigenvalue weighted by molar-refractivity contribution is -0.132. The average Bonchev–Trinajstić information content (AvgIpc) is 1.62. The SMILES string of the molecule is COc1cc2c(cc1OCCCCCOc1cc3c(cc1OC)C(=O)N1C=C(C)CC1C(O)N3C(=O)OCc1ccc(NC(=O)C(C)NC(=O)C(NC(=O)CCOCCOCCOCCOCCOCCOCCOCCOCCNC(=O)CCn3c(O)cc(C4CCCCCCCCC4)c3O)C(C)C)cc1)N=CC1CC(C)=CN1C2=O. The fourth-order valence-corrected chi connectivity index (χ4v) is 14.3. The molecule has 5 atom stereocenters. The molecule has 32 nitrogen and oxygen atoms in total. The van der Waals surface area contributed by atoms with E-state index in [4.69, 9.17) is 61.6 Å². The monoisotopic (exact) mass is 1640 g/mol. The number of amides is 7. The van der Waals surface area contributed by atoms with Gasteiger partial charge < -0.3 is 108 Å². The minimum Gasteiger partial charge on any atom is -0.494 e. The number of aromatic nitrogens is 1. The summed E-state index contributed by atoms with van der Waals surface area (Å²) in [6, 6.07) is 11.6. The molecule has 0 spiro atoms. The smallest absolute Gasteiger partial charge is 0.416 e. The fourth-order valence-electron chi connectivity index (χ4n) is 14.3. The number of carbonyl (C=O) groups is 7. The van der Waals surface area contributed by atoms with Crippen LogP contribution in [0, 0.1) is 5.92 Å². The highest BCUT2D eigenvalue weighted by Gasteiger charge is 2.45. The summed E-state index contributed by atoms with van der Waals surface area (Å²) in [5, 5.41) is 44.6. The molecular weight excluding hydrogens is 1510 g/mol. The van der Waals surface area contributed by atoms with Crippen molar-refractivity contribution in [2.24, 2.45) is 10.9 Å². The summed E-state index contributed by atoms with van der Waals surface area (Å²) in [7, 11) is 2.96. The molecule has 9 rings (SSSR count). The molecule has 5 aliphatic rings. The highest BCUT2D eigenvalue weighted by atomic mass is 16.6. The van der Waals surface area contributed by atoms with Crippen molar-refractivity contribution in [2.45, 2.75) is 187 Å². The van der Waals surface area contributed by atoms with Gasteiger partial charge in [-0.3, -0.25) is 38.3 Å². The summed E-state index contributed by atoms with van der Waals surface area (Å²) < 4.78 is 75.5. The number of unbranched alkanes of at least 4 members (excludes halogenated alkanes) is 2. The van der Waals surface area contributed by atoms with Gasteiger partial charge in [-0.05, 0) is 107 Å². The number of aliphatic imine (C=N–C) groups is 1. The van der Waals surface area contributed by atoms with Gasteiger partial charge in [0.05, 0.1) is 168 Å². The molecule has 117 heavy (non-hydrogen) atoms. The first-order valence-electron chi connectivity index (χ1n) is 41.1. The molecule has 0 saturated heterocycles. The number of aromatic hydroxyl groups is 2. The number of hydrogen-bond donors (Lipinski definition) is 7. The fraction of sp³-hybridized carbons (Fsp3) is 0.600. The second kappa shape index (κ2) is 48.5.